The minimum Gasteiger partial charge on any atom is -0.349 e. The molecule has 0 unspecified atom stereocenters. The van der Waals surface area contributed by atoms with Gasteiger partial charge < -0.3 is 10.2 Å². The topological polar surface area (TPSA) is 61.4 Å². The van der Waals surface area contributed by atoms with Gasteiger partial charge in [0.05, 0.1) is 17.8 Å². The molecule has 2 fully saturated rings. The van der Waals surface area contributed by atoms with Gasteiger partial charge in [-0.3, -0.25) is 14.7 Å². The molecule has 1 amide bonds. The van der Waals surface area contributed by atoms with Crippen LogP contribution in [0.15, 0.2) is 36.5 Å². The summed E-state index contributed by atoms with van der Waals surface area (Å²) in [7, 11) is 0. The van der Waals surface area contributed by atoms with Crippen LogP contribution in [0.5, 0.6) is 0 Å². The molecule has 37 heavy (non-hydrogen) atoms. The average Bonchev–Trinajstić information content (AvgIpc) is 3.50. The number of aromatic nitrogens is 2. The molecule has 0 atom stereocenters. The summed E-state index contributed by atoms with van der Waals surface area (Å²) in [6, 6.07) is 9.75. The third-order valence-electron chi connectivity index (χ3n) is 8.16. The first kappa shape index (κ1) is 24.7. The predicted octanol–water partition coefficient (Wildman–Crippen LogP) is 5.27. The fraction of sp³-hybridized carbons (Fsp3) is 0.536. The van der Waals surface area contributed by atoms with Crippen molar-refractivity contribution in [1.82, 2.24) is 20.2 Å². The molecular formula is C28H33F2N5OS. The molecule has 4 heterocycles. The quantitative estimate of drug-likeness (QED) is 0.475. The van der Waals surface area contributed by atoms with E-state index in [4.69, 9.17) is 4.98 Å². The van der Waals surface area contributed by atoms with Crippen LogP contribution in [-0.4, -0.2) is 58.9 Å². The van der Waals surface area contributed by atoms with Crippen LogP contribution < -0.4 is 10.2 Å². The number of rotatable bonds is 6. The molecule has 3 aromatic rings. The van der Waals surface area contributed by atoms with Gasteiger partial charge in [-0.1, -0.05) is 12.1 Å². The number of benzene rings is 1. The molecular weight excluding hydrogens is 492 g/mol. The smallest absolute Gasteiger partial charge is 0.267 e. The van der Waals surface area contributed by atoms with E-state index in [0.29, 0.717) is 18.0 Å². The highest BCUT2D eigenvalue weighted by Gasteiger charge is 2.39. The average molecular weight is 526 g/mol. The maximum absolute atomic E-state index is 13.6. The van der Waals surface area contributed by atoms with E-state index in [1.54, 1.807) is 22.4 Å². The van der Waals surface area contributed by atoms with Crippen molar-refractivity contribution in [2.75, 3.05) is 31.1 Å². The minimum absolute atomic E-state index is 0.00791. The van der Waals surface area contributed by atoms with Crippen LogP contribution in [0.4, 0.5) is 13.9 Å². The van der Waals surface area contributed by atoms with Gasteiger partial charge in [-0.25, -0.2) is 13.8 Å². The van der Waals surface area contributed by atoms with Gasteiger partial charge in [-0.15, -0.1) is 11.3 Å². The van der Waals surface area contributed by atoms with Crippen molar-refractivity contribution in [3.05, 3.63) is 52.7 Å². The third kappa shape index (κ3) is 5.48. The zero-order valence-electron chi connectivity index (χ0n) is 21.0. The Labute approximate surface area is 220 Å². The SMILES string of the molecule is O=C(N[C@H]1CC[C@H](CCN2CCc3sc(N4CCC(F)(F)C4)nc3C2)CC1)c1cccc2ncccc12. The lowest BCUT2D eigenvalue weighted by atomic mass is 9.84. The van der Waals surface area contributed by atoms with Gasteiger partial charge in [0.15, 0.2) is 5.13 Å². The van der Waals surface area contributed by atoms with Crippen molar-refractivity contribution in [3.63, 3.8) is 0 Å². The molecule has 2 aromatic heterocycles. The second-order valence-corrected chi connectivity index (χ2v) is 11.8. The maximum atomic E-state index is 13.6. The Morgan fingerprint density at radius 1 is 1.14 bits per heavy atom. The number of halogens is 2. The number of anilines is 1. The number of fused-ring (bicyclic) bond motifs is 2. The van der Waals surface area contributed by atoms with E-state index in [-0.39, 0.29) is 24.9 Å². The Bertz CT molecular complexity index is 1270. The van der Waals surface area contributed by atoms with E-state index in [0.717, 1.165) is 79.9 Å². The monoisotopic (exact) mass is 525 g/mol. The molecule has 6 rings (SSSR count). The lowest BCUT2D eigenvalue weighted by Gasteiger charge is -2.32. The number of carbonyl (C=O) groups excluding carboxylic acids is 1. The molecule has 196 valence electrons. The van der Waals surface area contributed by atoms with Crippen LogP contribution in [0, 0.1) is 5.92 Å². The van der Waals surface area contributed by atoms with Crippen LogP contribution in [0.1, 0.15) is 59.5 Å². The van der Waals surface area contributed by atoms with E-state index < -0.39 is 5.92 Å². The number of amides is 1. The van der Waals surface area contributed by atoms with Crippen LogP contribution >= 0.6 is 11.3 Å². The van der Waals surface area contributed by atoms with Crippen molar-refractivity contribution < 1.29 is 13.6 Å². The van der Waals surface area contributed by atoms with Crippen LogP contribution in [0.25, 0.3) is 10.9 Å². The van der Waals surface area contributed by atoms with Gasteiger partial charge in [0.2, 0.25) is 0 Å². The first-order valence-electron chi connectivity index (χ1n) is 13.4. The van der Waals surface area contributed by atoms with E-state index in [9.17, 15) is 13.6 Å². The molecule has 1 aromatic carbocycles. The van der Waals surface area contributed by atoms with Crippen molar-refractivity contribution >= 4 is 33.3 Å². The van der Waals surface area contributed by atoms with Crippen molar-refractivity contribution in [2.45, 2.75) is 63.5 Å². The molecule has 9 heteroatoms. The van der Waals surface area contributed by atoms with Gasteiger partial charge >= 0.3 is 0 Å². The highest BCUT2D eigenvalue weighted by Crippen LogP contribution is 2.36. The lowest BCUT2D eigenvalue weighted by Crippen LogP contribution is -2.38. The number of hydrogen-bond acceptors (Lipinski definition) is 6. The molecule has 1 aliphatic carbocycles. The largest absolute Gasteiger partial charge is 0.349 e. The summed E-state index contributed by atoms with van der Waals surface area (Å²) >= 11 is 1.60. The summed E-state index contributed by atoms with van der Waals surface area (Å²) in [5, 5.41) is 4.92. The Kier molecular flexibility index (Phi) is 6.84. The van der Waals surface area contributed by atoms with Crippen LogP contribution in [-0.2, 0) is 13.0 Å². The normalized spacial score (nSPS) is 23.8. The number of carbonyl (C=O) groups is 1. The summed E-state index contributed by atoms with van der Waals surface area (Å²) < 4.78 is 27.3. The number of nitrogens with zero attached hydrogens (tertiary/aromatic N) is 4. The molecule has 0 spiro atoms. The van der Waals surface area contributed by atoms with Crippen molar-refractivity contribution in [2.24, 2.45) is 5.92 Å². The Morgan fingerprint density at radius 2 is 2.00 bits per heavy atom. The second-order valence-electron chi connectivity index (χ2n) is 10.8. The molecule has 3 aliphatic rings. The fourth-order valence-corrected chi connectivity index (χ4v) is 7.07. The highest BCUT2D eigenvalue weighted by atomic mass is 32.1. The van der Waals surface area contributed by atoms with Crippen molar-refractivity contribution in [3.8, 4) is 0 Å². The van der Waals surface area contributed by atoms with E-state index in [2.05, 4.69) is 15.2 Å². The van der Waals surface area contributed by atoms with E-state index in [1.807, 2.05) is 30.3 Å². The highest BCUT2D eigenvalue weighted by molar-refractivity contribution is 7.15. The molecule has 6 nitrogen and oxygen atoms in total. The summed E-state index contributed by atoms with van der Waals surface area (Å²) in [4.78, 5) is 27.6. The molecule has 1 N–H and O–H groups in total. The van der Waals surface area contributed by atoms with E-state index in [1.165, 1.54) is 4.88 Å². The Hall–Kier alpha value is -2.65. The summed E-state index contributed by atoms with van der Waals surface area (Å²) in [5.41, 5.74) is 2.62. The summed E-state index contributed by atoms with van der Waals surface area (Å²) in [6.07, 6.45) is 8.08. The summed E-state index contributed by atoms with van der Waals surface area (Å²) in [6.45, 7) is 3.06. The number of alkyl halides is 2. The van der Waals surface area contributed by atoms with Gasteiger partial charge in [-0.2, -0.15) is 0 Å². The minimum atomic E-state index is -2.59. The lowest BCUT2D eigenvalue weighted by molar-refractivity contribution is 0.0257. The number of pyridine rings is 1. The number of hydrogen-bond donors (Lipinski definition) is 1. The zero-order chi connectivity index (χ0) is 25.4. The van der Waals surface area contributed by atoms with Crippen molar-refractivity contribution in [1.29, 1.82) is 0 Å². The fourth-order valence-electron chi connectivity index (χ4n) is 5.99. The Morgan fingerprint density at radius 3 is 2.81 bits per heavy atom. The summed E-state index contributed by atoms with van der Waals surface area (Å²) in [5.74, 6) is -1.92. The first-order chi connectivity index (χ1) is 17.9. The van der Waals surface area contributed by atoms with Gasteiger partial charge in [0.25, 0.3) is 11.8 Å². The molecule has 0 radical (unpaired) electrons. The third-order valence-corrected chi connectivity index (χ3v) is 9.38. The van der Waals surface area contributed by atoms with Gasteiger partial charge in [0, 0.05) is 54.1 Å². The molecule has 1 saturated carbocycles. The Balaban J connectivity index is 0.964. The van der Waals surface area contributed by atoms with E-state index >= 15 is 0 Å². The molecule has 2 aliphatic heterocycles. The first-order valence-corrected chi connectivity index (χ1v) is 14.2. The van der Waals surface area contributed by atoms with Gasteiger partial charge in [0.1, 0.15) is 0 Å². The molecule has 0 bridgehead atoms. The van der Waals surface area contributed by atoms with Crippen LogP contribution in [0.2, 0.25) is 0 Å². The van der Waals surface area contributed by atoms with Gasteiger partial charge in [-0.05, 0) is 69.2 Å². The standard InChI is InChI=1S/C28H33F2N5OS/c29-28(30)12-16-35(18-28)27-33-24-17-34(15-11-25(24)37-27)14-10-19-6-8-20(9-7-19)32-26(36)22-3-1-5-23-21(22)4-2-13-31-23/h1-5,13,19-20H,6-12,14-18H2,(H,32,36)/t19-,20-. The second kappa shape index (κ2) is 10.3. The zero-order valence-corrected chi connectivity index (χ0v) is 21.8. The molecule has 1 saturated heterocycles. The van der Waals surface area contributed by atoms with Crippen LogP contribution in [0.3, 0.4) is 0 Å². The maximum Gasteiger partial charge on any atom is 0.267 e. The number of thiazole rings is 1. The predicted molar refractivity (Wildman–Crippen MR) is 142 cm³/mol. The number of nitrogens with one attached hydrogen (secondary N) is 1.